The molecule has 26 heavy (non-hydrogen) atoms. The summed E-state index contributed by atoms with van der Waals surface area (Å²) in [6, 6.07) is 24.7. The largest absolute Gasteiger partial charge is 0.507 e. The lowest BCUT2D eigenvalue weighted by molar-refractivity contribution is 0.184. The van der Waals surface area contributed by atoms with Gasteiger partial charge in [-0.3, -0.25) is 0 Å². The summed E-state index contributed by atoms with van der Waals surface area (Å²) in [5.74, 6) is 0.599. The van der Waals surface area contributed by atoms with Gasteiger partial charge in [0.05, 0.1) is 6.61 Å². The van der Waals surface area contributed by atoms with Crippen molar-refractivity contribution in [1.29, 1.82) is 0 Å². The molecule has 0 saturated heterocycles. The first-order chi connectivity index (χ1) is 12.6. The summed E-state index contributed by atoms with van der Waals surface area (Å²) in [6.45, 7) is 4.80. The number of hydrogen-bond acceptors (Lipinski definition) is 2. The van der Waals surface area contributed by atoms with Crippen LogP contribution in [0.1, 0.15) is 53.5 Å². The van der Waals surface area contributed by atoms with Gasteiger partial charge in [-0.15, -0.1) is 0 Å². The second-order valence-corrected chi connectivity index (χ2v) is 6.82. The fraction of sp³-hybridized carbons (Fsp3) is 0.250. The van der Waals surface area contributed by atoms with Crippen molar-refractivity contribution in [3.8, 4) is 5.75 Å². The molecule has 0 bridgehead atoms. The zero-order valence-electron chi connectivity index (χ0n) is 15.6. The second kappa shape index (κ2) is 8.20. The van der Waals surface area contributed by atoms with Crippen molar-refractivity contribution in [2.75, 3.05) is 7.11 Å². The van der Waals surface area contributed by atoms with Crippen molar-refractivity contribution in [2.45, 2.75) is 32.3 Å². The Morgan fingerprint density at radius 2 is 1.19 bits per heavy atom. The number of hydrogen-bond donors (Lipinski definition) is 1. The maximum atomic E-state index is 11.1. The third kappa shape index (κ3) is 3.81. The fourth-order valence-corrected chi connectivity index (χ4v) is 3.50. The van der Waals surface area contributed by atoms with Crippen molar-refractivity contribution in [2.24, 2.45) is 0 Å². The second-order valence-electron chi connectivity index (χ2n) is 6.82. The molecule has 0 aromatic heterocycles. The molecular formula is C24H26O2. The van der Waals surface area contributed by atoms with Crippen LogP contribution in [0.5, 0.6) is 5.75 Å². The van der Waals surface area contributed by atoms with Crippen LogP contribution in [-0.2, 0) is 11.3 Å². The zero-order chi connectivity index (χ0) is 18.5. The van der Waals surface area contributed by atoms with Gasteiger partial charge in [0.25, 0.3) is 0 Å². The van der Waals surface area contributed by atoms with Crippen LogP contribution in [0.15, 0.2) is 72.8 Å². The van der Waals surface area contributed by atoms with E-state index in [1.807, 2.05) is 36.4 Å². The third-order valence-electron chi connectivity index (χ3n) is 5.07. The number of phenols is 1. The van der Waals surface area contributed by atoms with Crippen molar-refractivity contribution < 1.29 is 9.84 Å². The smallest absolute Gasteiger partial charge is 0.123 e. The average Bonchev–Trinajstić information content (AvgIpc) is 2.69. The SMILES string of the molecule is COCc1cc(C(C)c2ccccc2)c(O)c(C(C)c2ccccc2)c1. The highest BCUT2D eigenvalue weighted by Crippen LogP contribution is 2.39. The Balaban J connectivity index is 2.09. The Morgan fingerprint density at radius 1 is 0.769 bits per heavy atom. The first kappa shape index (κ1) is 18.2. The molecule has 0 fully saturated rings. The molecule has 0 aliphatic carbocycles. The van der Waals surface area contributed by atoms with E-state index in [0.717, 1.165) is 16.7 Å². The van der Waals surface area contributed by atoms with Crippen molar-refractivity contribution >= 4 is 0 Å². The van der Waals surface area contributed by atoms with Crippen LogP contribution in [0.2, 0.25) is 0 Å². The Hall–Kier alpha value is -2.58. The molecule has 2 heteroatoms. The van der Waals surface area contributed by atoms with Gasteiger partial charge in [0.2, 0.25) is 0 Å². The molecular weight excluding hydrogens is 320 g/mol. The average molecular weight is 346 g/mol. The molecule has 0 spiro atoms. The molecule has 0 aliphatic heterocycles. The predicted octanol–water partition coefficient (Wildman–Crippen LogP) is 5.84. The summed E-state index contributed by atoms with van der Waals surface area (Å²) in [7, 11) is 1.70. The molecule has 3 aromatic carbocycles. The molecule has 3 rings (SSSR count). The zero-order valence-corrected chi connectivity index (χ0v) is 15.6. The molecule has 1 N–H and O–H groups in total. The van der Waals surface area contributed by atoms with Crippen LogP contribution < -0.4 is 0 Å². The Kier molecular flexibility index (Phi) is 5.75. The number of benzene rings is 3. The summed E-state index contributed by atoms with van der Waals surface area (Å²) in [6.07, 6.45) is 0. The quantitative estimate of drug-likeness (QED) is 0.607. The standard InChI is InChI=1S/C24H26O2/c1-17(20-10-6-4-7-11-20)22-14-19(16-26-3)15-23(24(22)25)18(2)21-12-8-5-9-13-21/h4-15,17-18,25H,16H2,1-3H3. The van der Waals surface area contributed by atoms with Crippen LogP contribution in [0, 0.1) is 0 Å². The van der Waals surface area contributed by atoms with E-state index in [1.165, 1.54) is 11.1 Å². The summed E-state index contributed by atoms with van der Waals surface area (Å²) < 4.78 is 5.37. The van der Waals surface area contributed by atoms with E-state index >= 15 is 0 Å². The van der Waals surface area contributed by atoms with Gasteiger partial charge in [0, 0.05) is 30.1 Å². The van der Waals surface area contributed by atoms with E-state index in [1.54, 1.807) is 7.11 Å². The van der Waals surface area contributed by atoms with Crippen LogP contribution in [-0.4, -0.2) is 12.2 Å². The molecule has 2 unspecified atom stereocenters. The van der Waals surface area contributed by atoms with Gasteiger partial charge in [0.15, 0.2) is 0 Å². The van der Waals surface area contributed by atoms with E-state index in [9.17, 15) is 5.11 Å². The van der Waals surface area contributed by atoms with E-state index in [0.29, 0.717) is 12.4 Å². The van der Waals surface area contributed by atoms with Crippen LogP contribution in [0.4, 0.5) is 0 Å². The molecule has 2 atom stereocenters. The summed E-state index contributed by atoms with van der Waals surface area (Å²) in [5, 5.41) is 11.1. The van der Waals surface area contributed by atoms with Crippen LogP contribution >= 0.6 is 0 Å². The van der Waals surface area contributed by atoms with Crippen LogP contribution in [0.25, 0.3) is 0 Å². The van der Waals surface area contributed by atoms with Gasteiger partial charge in [-0.2, -0.15) is 0 Å². The summed E-state index contributed by atoms with van der Waals surface area (Å²) in [4.78, 5) is 0. The van der Waals surface area contributed by atoms with Gasteiger partial charge >= 0.3 is 0 Å². The van der Waals surface area contributed by atoms with Crippen molar-refractivity contribution in [3.63, 3.8) is 0 Å². The Labute approximate surface area is 156 Å². The molecule has 3 aromatic rings. The van der Waals surface area contributed by atoms with Gasteiger partial charge in [-0.25, -0.2) is 0 Å². The maximum absolute atomic E-state index is 11.1. The molecule has 0 aliphatic rings. The first-order valence-electron chi connectivity index (χ1n) is 9.06. The number of ether oxygens (including phenoxy) is 1. The van der Waals surface area contributed by atoms with Gasteiger partial charge in [-0.1, -0.05) is 74.5 Å². The molecule has 134 valence electrons. The number of aromatic hydroxyl groups is 1. The monoisotopic (exact) mass is 346 g/mol. The lowest BCUT2D eigenvalue weighted by Crippen LogP contribution is -2.04. The molecule has 0 amide bonds. The minimum atomic E-state index is 0.106. The Morgan fingerprint density at radius 3 is 1.58 bits per heavy atom. The molecule has 0 saturated carbocycles. The number of methoxy groups -OCH3 is 1. The van der Waals surface area contributed by atoms with E-state index in [2.05, 4.69) is 50.2 Å². The lowest BCUT2D eigenvalue weighted by Gasteiger charge is -2.22. The van der Waals surface area contributed by atoms with E-state index < -0.39 is 0 Å². The minimum absolute atomic E-state index is 0.106. The third-order valence-corrected chi connectivity index (χ3v) is 5.07. The normalized spacial score (nSPS) is 13.3. The highest BCUT2D eigenvalue weighted by atomic mass is 16.5. The van der Waals surface area contributed by atoms with E-state index in [4.69, 9.17) is 4.74 Å². The highest BCUT2D eigenvalue weighted by molar-refractivity contribution is 5.51. The van der Waals surface area contributed by atoms with Gasteiger partial charge in [-0.05, 0) is 28.8 Å². The van der Waals surface area contributed by atoms with Gasteiger partial charge < -0.3 is 9.84 Å². The van der Waals surface area contributed by atoms with Crippen LogP contribution in [0.3, 0.4) is 0 Å². The summed E-state index contributed by atoms with van der Waals surface area (Å²) >= 11 is 0. The number of rotatable bonds is 6. The Bertz CT molecular complexity index is 774. The van der Waals surface area contributed by atoms with E-state index in [-0.39, 0.29) is 11.8 Å². The number of phenolic OH excluding ortho intramolecular Hbond substituents is 1. The fourth-order valence-electron chi connectivity index (χ4n) is 3.50. The predicted molar refractivity (Wildman–Crippen MR) is 107 cm³/mol. The highest BCUT2D eigenvalue weighted by Gasteiger charge is 2.21. The lowest BCUT2D eigenvalue weighted by atomic mass is 9.85. The minimum Gasteiger partial charge on any atom is -0.507 e. The van der Waals surface area contributed by atoms with Crippen molar-refractivity contribution in [3.05, 3.63) is 101 Å². The molecule has 0 heterocycles. The van der Waals surface area contributed by atoms with Crippen molar-refractivity contribution in [1.82, 2.24) is 0 Å². The maximum Gasteiger partial charge on any atom is 0.123 e. The van der Waals surface area contributed by atoms with Gasteiger partial charge in [0.1, 0.15) is 5.75 Å². The molecule has 0 radical (unpaired) electrons. The summed E-state index contributed by atoms with van der Waals surface area (Å²) in [5.41, 5.74) is 5.36. The molecule has 2 nitrogen and oxygen atoms in total. The first-order valence-corrected chi connectivity index (χ1v) is 9.06. The topological polar surface area (TPSA) is 29.5 Å².